The van der Waals surface area contributed by atoms with E-state index in [1.165, 1.54) is 0 Å². The lowest BCUT2D eigenvalue weighted by atomic mass is 10.0. The molecule has 0 N–H and O–H groups in total. The molecule has 0 aromatic carbocycles. The van der Waals surface area contributed by atoms with Gasteiger partial charge in [-0.2, -0.15) is 0 Å². The molecule has 0 radical (unpaired) electrons. The summed E-state index contributed by atoms with van der Waals surface area (Å²) in [6.45, 7) is 0.791. The maximum absolute atomic E-state index is 11.5. The van der Waals surface area contributed by atoms with Crippen LogP contribution in [0.5, 0.6) is 0 Å². The van der Waals surface area contributed by atoms with E-state index in [-0.39, 0.29) is 31.7 Å². The second kappa shape index (κ2) is 4.78. The van der Waals surface area contributed by atoms with E-state index >= 15 is 0 Å². The van der Waals surface area contributed by atoms with Gasteiger partial charge in [0, 0.05) is 12.8 Å². The Balaban J connectivity index is 1.54. The van der Waals surface area contributed by atoms with E-state index in [2.05, 4.69) is 4.84 Å². The molecule has 3 fully saturated rings. The van der Waals surface area contributed by atoms with Crippen LogP contribution < -0.4 is 0 Å². The minimum absolute atomic E-state index is 0.0162. The fraction of sp³-hybridized carbons (Fsp3) is 0.727. The average molecular weight is 271 g/mol. The van der Waals surface area contributed by atoms with Crippen molar-refractivity contribution in [2.24, 2.45) is 5.92 Å². The molecule has 3 atom stereocenters. The van der Waals surface area contributed by atoms with Gasteiger partial charge in [0.25, 0.3) is 11.8 Å². The molecular formula is C11H13NO7. The van der Waals surface area contributed by atoms with Gasteiger partial charge in [-0.25, -0.2) is 4.79 Å². The van der Waals surface area contributed by atoms with Gasteiger partial charge in [-0.3, -0.25) is 14.4 Å². The van der Waals surface area contributed by atoms with Crippen LogP contribution in [0.3, 0.4) is 0 Å². The fourth-order valence-electron chi connectivity index (χ4n) is 2.43. The molecule has 3 aliphatic rings. The minimum atomic E-state index is -1.07. The van der Waals surface area contributed by atoms with Crippen LogP contribution in [0.25, 0.3) is 0 Å². The molecule has 0 spiro atoms. The van der Waals surface area contributed by atoms with Gasteiger partial charge in [-0.05, 0) is 6.42 Å². The molecule has 0 saturated carbocycles. The lowest BCUT2D eigenvalue weighted by Crippen LogP contribution is -2.35. The van der Waals surface area contributed by atoms with Crippen LogP contribution in [0.4, 0.5) is 4.79 Å². The first-order valence-corrected chi connectivity index (χ1v) is 6.13. The summed E-state index contributed by atoms with van der Waals surface area (Å²) < 4.78 is 15.7. The SMILES string of the molecule is O=C(O[C@H]1CO[C@@H]2OCC[C@@H]21)ON1C(=O)CCC1=O. The number of nitrogens with zero attached hydrogens (tertiary/aromatic N) is 1. The van der Waals surface area contributed by atoms with Crippen molar-refractivity contribution in [1.29, 1.82) is 0 Å². The van der Waals surface area contributed by atoms with E-state index in [9.17, 15) is 14.4 Å². The third-order valence-electron chi connectivity index (χ3n) is 3.40. The molecule has 3 aliphatic heterocycles. The number of hydroxylamine groups is 2. The Bertz CT molecular complexity index is 407. The summed E-state index contributed by atoms with van der Waals surface area (Å²) in [5.74, 6) is -1.09. The third kappa shape index (κ3) is 2.28. The molecule has 0 aromatic heterocycles. The summed E-state index contributed by atoms with van der Waals surface area (Å²) >= 11 is 0. The molecule has 0 aromatic rings. The number of rotatable bonds is 2. The fourth-order valence-corrected chi connectivity index (χ4v) is 2.43. The first-order chi connectivity index (χ1) is 9.15. The van der Waals surface area contributed by atoms with E-state index in [1.54, 1.807) is 0 Å². The lowest BCUT2D eigenvalue weighted by molar-refractivity contribution is -0.179. The molecule has 3 rings (SSSR count). The maximum atomic E-state index is 11.5. The Morgan fingerprint density at radius 2 is 1.95 bits per heavy atom. The van der Waals surface area contributed by atoms with Gasteiger partial charge in [0.1, 0.15) is 6.10 Å². The van der Waals surface area contributed by atoms with Crippen molar-refractivity contribution in [2.75, 3.05) is 13.2 Å². The highest BCUT2D eigenvalue weighted by Crippen LogP contribution is 2.33. The average Bonchev–Trinajstić information content (AvgIpc) is 3.03. The number of carbonyl (C=O) groups excluding carboxylic acids is 3. The Morgan fingerprint density at radius 1 is 1.21 bits per heavy atom. The van der Waals surface area contributed by atoms with Crippen molar-refractivity contribution in [1.82, 2.24) is 5.06 Å². The van der Waals surface area contributed by atoms with Crippen LogP contribution in [0.1, 0.15) is 19.3 Å². The van der Waals surface area contributed by atoms with E-state index in [0.717, 1.165) is 6.42 Å². The molecular weight excluding hydrogens is 258 g/mol. The van der Waals surface area contributed by atoms with Gasteiger partial charge in [0.2, 0.25) is 0 Å². The first-order valence-electron chi connectivity index (χ1n) is 6.13. The van der Waals surface area contributed by atoms with E-state index in [4.69, 9.17) is 14.2 Å². The van der Waals surface area contributed by atoms with E-state index in [0.29, 0.717) is 11.7 Å². The molecule has 0 aliphatic carbocycles. The van der Waals surface area contributed by atoms with Crippen LogP contribution >= 0.6 is 0 Å². The predicted octanol–water partition coefficient (Wildman–Crippen LogP) is -0.0350. The van der Waals surface area contributed by atoms with Gasteiger partial charge < -0.3 is 14.2 Å². The molecule has 8 nitrogen and oxygen atoms in total. The van der Waals surface area contributed by atoms with E-state index < -0.39 is 24.1 Å². The summed E-state index contributed by atoms with van der Waals surface area (Å²) in [7, 11) is 0. The molecule has 19 heavy (non-hydrogen) atoms. The van der Waals surface area contributed by atoms with Crippen molar-refractivity contribution in [3.05, 3.63) is 0 Å². The predicted molar refractivity (Wildman–Crippen MR) is 56.2 cm³/mol. The summed E-state index contributed by atoms with van der Waals surface area (Å²) in [5.41, 5.74) is 0. The highest BCUT2D eigenvalue weighted by Gasteiger charge is 2.44. The smallest absolute Gasteiger partial charge is 0.426 e. The molecule has 8 heteroatoms. The normalized spacial score (nSPS) is 33.7. The van der Waals surface area contributed by atoms with Gasteiger partial charge >= 0.3 is 6.16 Å². The molecule has 2 amide bonds. The van der Waals surface area contributed by atoms with Crippen molar-refractivity contribution >= 4 is 18.0 Å². The summed E-state index contributed by atoms with van der Waals surface area (Å²) in [6.07, 6.45) is -1.02. The molecule has 104 valence electrons. The van der Waals surface area contributed by atoms with Gasteiger partial charge in [-0.1, -0.05) is 5.06 Å². The third-order valence-corrected chi connectivity index (χ3v) is 3.40. The highest BCUT2D eigenvalue weighted by molar-refractivity contribution is 6.01. The van der Waals surface area contributed by atoms with Gasteiger partial charge in [0.15, 0.2) is 6.29 Å². The lowest BCUT2D eigenvalue weighted by Gasteiger charge is -2.17. The van der Waals surface area contributed by atoms with Crippen molar-refractivity contribution in [2.45, 2.75) is 31.7 Å². The highest BCUT2D eigenvalue weighted by atomic mass is 16.8. The largest absolute Gasteiger partial charge is 0.534 e. The quantitative estimate of drug-likeness (QED) is 0.514. The minimum Gasteiger partial charge on any atom is -0.426 e. The summed E-state index contributed by atoms with van der Waals surface area (Å²) in [5, 5.41) is 0.459. The van der Waals surface area contributed by atoms with Gasteiger partial charge in [0.05, 0.1) is 19.1 Å². The summed E-state index contributed by atoms with van der Waals surface area (Å²) in [6, 6.07) is 0. The number of hydrogen-bond donors (Lipinski definition) is 0. The monoisotopic (exact) mass is 271 g/mol. The van der Waals surface area contributed by atoms with Crippen molar-refractivity contribution < 1.29 is 33.4 Å². The van der Waals surface area contributed by atoms with Crippen molar-refractivity contribution in [3.8, 4) is 0 Å². The topological polar surface area (TPSA) is 91.4 Å². The Labute approximate surface area is 108 Å². The van der Waals surface area contributed by atoms with Gasteiger partial charge in [-0.15, -0.1) is 0 Å². The standard InChI is InChI=1S/C11H13NO7/c13-8-1-2-9(14)12(8)19-11(15)18-7-5-17-10-6(7)3-4-16-10/h6-7,10H,1-5H2/t6-,7+,10+/m1/s1. The van der Waals surface area contributed by atoms with Crippen LogP contribution in [0.2, 0.25) is 0 Å². The van der Waals surface area contributed by atoms with Crippen LogP contribution in [0, 0.1) is 5.92 Å². The zero-order valence-electron chi connectivity index (χ0n) is 10.1. The van der Waals surface area contributed by atoms with Crippen LogP contribution in [-0.2, 0) is 28.6 Å². The molecule has 3 heterocycles. The second-order valence-electron chi connectivity index (χ2n) is 4.60. The molecule has 0 unspecified atom stereocenters. The molecule has 3 saturated heterocycles. The second-order valence-corrected chi connectivity index (χ2v) is 4.60. The number of ether oxygens (including phenoxy) is 3. The zero-order valence-corrected chi connectivity index (χ0v) is 10.1. The summed E-state index contributed by atoms with van der Waals surface area (Å²) in [4.78, 5) is 38.7. The van der Waals surface area contributed by atoms with Crippen LogP contribution in [-0.4, -0.2) is 48.6 Å². The maximum Gasteiger partial charge on any atom is 0.534 e. The number of carbonyl (C=O) groups is 3. The number of amides is 2. The first kappa shape index (κ1) is 12.4. The van der Waals surface area contributed by atoms with Crippen LogP contribution in [0.15, 0.2) is 0 Å². The Morgan fingerprint density at radius 3 is 2.68 bits per heavy atom. The number of fused-ring (bicyclic) bond motifs is 1. The number of imide groups is 1. The molecule has 0 bridgehead atoms. The zero-order chi connectivity index (χ0) is 13.4. The number of hydrogen-bond acceptors (Lipinski definition) is 7. The Hall–Kier alpha value is -1.67. The van der Waals surface area contributed by atoms with E-state index in [1.807, 2.05) is 0 Å². The van der Waals surface area contributed by atoms with Crippen molar-refractivity contribution in [3.63, 3.8) is 0 Å². The Kier molecular flexibility index (Phi) is 3.11.